The molecule has 0 fully saturated rings. The molecule has 0 saturated carbocycles. The van der Waals surface area contributed by atoms with E-state index in [0.29, 0.717) is 21.6 Å². The van der Waals surface area contributed by atoms with Crippen LogP contribution in [0.25, 0.3) is 28.3 Å². The number of pyridine rings is 1. The van der Waals surface area contributed by atoms with E-state index in [2.05, 4.69) is 31.0 Å². The third kappa shape index (κ3) is 4.03. The molecule has 0 atom stereocenters. The molecule has 27 heavy (non-hydrogen) atoms. The Kier molecular flexibility index (Phi) is 6.19. The van der Waals surface area contributed by atoms with Crippen LogP contribution in [0.4, 0.5) is 4.39 Å². The number of carboxylic acid groups (broad SMARTS) is 1. The van der Waals surface area contributed by atoms with Gasteiger partial charge in [0.15, 0.2) is 5.65 Å². The summed E-state index contributed by atoms with van der Waals surface area (Å²) in [5, 5.41) is 15.7. The van der Waals surface area contributed by atoms with Crippen molar-refractivity contribution in [3.05, 3.63) is 70.7 Å². The van der Waals surface area contributed by atoms with Gasteiger partial charge < -0.3 is 9.90 Å². The molecule has 0 saturated heterocycles. The molecule has 0 bridgehead atoms. The first-order valence-electron chi connectivity index (χ1n) is 7.52. The number of fused-ring (bicyclic) bond motifs is 1. The second-order valence-corrected chi connectivity index (χ2v) is 6.37. The van der Waals surface area contributed by atoms with Gasteiger partial charge in [-0.2, -0.15) is 5.10 Å². The summed E-state index contributed by atoms with van der Waals surface area (Å²) < 4.78 is 16.3. The van der Waals surface area contributed by atoms with E-state index in [1.54, 1.807) is 36.5 Å². The monoisotopic (exact) mass is 450 g/mol. The molecule has 0 radical (unpaired) electrons. The van der Waals surface area contributed by atoms with Gasteiger partial charge in [-0.25, -0.2) is 13.9 Å². The second kappa shape index (κ2) is 8.25. The number of benzene rings is 1. The van der Waals surface area contributed by atoms with Gasteiger partial charge in [-0.15, -0.1) is 0 Å². The van der Waals surface area contributed by atoms with Crippen LogP contribution in [-0.4, -0.2) is 25.6 Å². The Morgan fingerprint density at radius 1 is 1.11 bits per heavy atom. The number of carbonyl (C=O) groups excluding carboxylic acids is 1. The zero-order valence-electron chi connectivity index (χ0n) is 14.1. The first-order valence-corrected chi connectivity index (χ1v) is 8.31. The number of hydrogen-bond donors (Lipinski definition) is 0. The van der Waals surface area contributed by atoms with Crippen molar-refractivity contribution in [1.29, 1.82) is 0 Å². The van der Waals surface area contributed by atoms with Gasteiger partial charge in [0.25, 0.3) is 0 Å². The second-order valence-electron chi connectivity index (χ2n) is 5.45. The molecule has 0 unspecified atom stereocenters. The first-order chi connectivity index (χ1) is 12.5. The minimum absolute atomic E-state index is 0. The third-order valence-corrected chi connectivity index (χ3v) is 4.26. The summed E-state index contributed by atoms with van der Waals surface area (Å²) in [6.45, 7) is 0. The van der Waals surface area contributed by atoms with Crippen molar-refractivity contribution in [3.63, 3.8) is 0 Å². The number of rotatable bonds is 3. The van der Waals surface area contributed by atoms with Crippen LogP contribution in [0.5, 0.6) is 0 Å². The average Bonchev–Trinajstić information content (AvgIpc) is 3.05. The van der Waals surface area contributed by atoms with Gasteiger partial charge in [-0.3, -0.25) is 4.98 Å². The summed E-state index contributed by atoms with van der Waals surface area (Å²) in [5.41, 5.74) is 1.54. The first kappa shape index (κ1) is 20.2. The molecular formula is C18H9BrFKN4O2. The van der Waals surface area contributed by atoms with E-state index in [1.807, 2.05) is 0 Å². The van der Waals surface area contributed by atoms with E-state index in [1.165, 1.54) is 22.7 Å². The fourth-order valence-electron chi connectivity index (χ4n) is 2.60. The summed E-state index contributed by atoms with van der Waals surface area (Å²) >= 11 is 3.21. The predicted octanol–water partition coefficient (Wildman–Crippen LogP) is -0.273. The van der Waals surface area contributed by atoms with E-state index >= 15 is 0 Å². The number of aromatic carboxylic acids is 1. The van der Waals surface area contributed by atoms with Crippen LogP contribution in [0.15, 0.2) is 59.2 Å². The van der Waals surface area contributed by atoms with Gasteiger partial charge in [0.1, 0.15) is 5.82 Å². The molecule has 0 spiro atoms. The predicted molar refractivity (Wildman–Crippen MR) is 93.6 cm³/mol. The quantitative estimate of drug-likeness (QED) is 0.401. The average molecular weight is 451 g/mol. The Balaban J connectivity index is 0.00000210. The van der Waals surface area contributed by atoms with Crippen LogP contribution in [0.3, 0.4) is 0 Å². The normalized spacial score (nSPS) is 10.6. The number of carboxylic acids is 1. The minimum atomic E-state index is -1.41. The van der Waals surface area contributed by atoms with Crippen molar-refractivity contribution in [1.82, 2.24) is 19.6 Å². The smallest absolute Gasteiger partial charge is 0.543 e. The number of aromatic nitrogens is 4. The van der Waals surface area contributed by atoms with Gasteiger partial charge in [-0.05, 0) is 36.4 Å². The standard InChI is InChI=1S/C18H10BrFN4O2.K/c19-10-4-5-11(12(20)7-10)14-9-17-22-15(18(25)26)8-16(24(17)23-14)13-3-1-2-6-21-13;/h1-9H,(H,25,26);/q;+1/p-1. The summed E-state index contributed by atoms with van der Waals surface area (Å²) in [5.74, 6) is -1.87. The zero-order valence-corrected chi connectivity index (χ0v) is 18.8. The molecule has 0 N–H and O–H groups in total. The number of halogens is 2. The van der Waals surface area contributed by atoms with Crippen molar-refractivity contribution >= 4 is 27.5 Å². The molecule has 0 aliphatic heterocycles. The maximum Gasteiger partial charge on any atom is 1.00 e. The molecule has 0 amide bonds. The Morgan fingerprint density at radius 3 is 2.59 bits per heavy atom. The van der Waals surface area contributed by atoms with Crippen LogP contribution < -0.4 is 56.5 Å². The Labute approximate surface area is 204 Å². The SMILES string of the molecule is O=C([O-])c1cc(-c2ccccn2)n2nc(-c3ccc(Br)cc3F)cc2n1.[K+]. The molecular weight excluding hydrogens is 442 g/mol. The Hall–Kier alpha value is -1.49. The summed E-state index contributed by atoms with van der Waals surface area (Å²) in [4.78, 5) is 19.6. The van der Waals surface area contributed by atoms with Crippen molar-refractivity contribution in [2.45, 2.75) is 0 Å². The van der Waals surface area contributed by atoms with Crippen molar-refractivity contribution in [2.75, 3.05) is 0 Å². The van der Waals surface area contributed by atoms with Crippen LogP contribution in [-0.2, 0) is 0 Å². The molecule has 128 valence electrons. The molecule has 3 heterocycles. The molecule has 4 rings (SSSR count). The van der Waals surface area contributed by atoms with Crippen molar-refractivity contribution < 1.29 is 65.7 Å². The molecule has 3 aromatic heterocycles. The summed E-state index contributed by atoms with van der Waals surface area (Å²) in [7, 11) is 0. The molecule has 6 nitrogen and oxygen atoms in total. The molecule has 0 aliphatic rings. The topological polar surface area (TPSA) is 83.2 Å². The van der Waals surface area contributed by atoms with Crippen LogP contribution >= 0.6 is 15.9 Å². The fraction of sp³-hybridized carbons (Fsp3) is 0. The third-order valence-electron chi connectivity index (χ3n) is 3.77. The van der Waals surface area contributed by atoms with Crippen LogP contribution in [0, 0.1) is 5.82 Å². The summed E-state index contributed by atoms with van der Waals surface area (Å²) in [6, 6.07) is 12.7. The molecule has 1 aromatic carbocycles. The van der Waals surface area contributed by atoms with Gasteiger partial charge >= 0.3 is 51.4 Å². The van der Waals surface area contributed by atoms with Gasteiger partial charge in [-0.1, -0.05) is 22.0 Å². The molecule has 9 heteroatoms. The summed E-state index contributed by atoms with van der Waals surface area (Å²) in [6.07, 6.45) is 1.58. The number of nitrogens with zero attached hydrogens (tertiary/aromatic N) is 4. The van der Waals surface area contributed by atoms with E-state index in [0.717, 1.165) is 0 Å². The molecule has 4 aromatic rings. The van der Waals surface area contributed by atoms with Crippen molar-refractivity contribution in [3.8, 4) is 22.6 Å². The Morgan fingerprint density at radius 2 is 1.93 bits per heavy atom. The Bertz CT molecular complexity index is 1150. The minimum Gasteiger partial charge on any atom is -0.543 e. The largest absolute Gasteiger partial charge is 1.00 e. The maximum absolute atomic E-state index is 14.3. The van der Waals surface area contributed by atoms with Gasteiger partial charge in [0.05, 0.1) is 28.7 Å². The molecule has 0 aliphatic carbocycles. The van der Waals surface area contributed by atoms with Crippen LogP contribution in [0.2, 0.25) is 0 Å². The van der Waals surface area contributed by atoms with E-state index in [9.17, 15) is 14.3 Å². The maximum atomic E-state index is 14.3. The number of hydrogen-bond acceptors (Lipinski definition) is 5. The fourth-order valence-corrected chi connectivity index (χ4v) is 2.94. The number of carbonyl (C=O) groups is 1. The van der Waals surface area contributed by atoms with E-state index < -0.39 is 11.8 Å². The zero-order chi connectivity index (χ0) is 18.3. The van der Waals surface area contributed by atoms with Crippen LogP contribution in [0.1, 0.15) is 10.5 Å². The van der Waals surface area contributed by atoms with E-state index in [-0.39, 0.29) is 68.3 Å². The van der Waals surface area contributed by atoms with Gasteiger partial charge in [0, 0.05) is 22.3 Å². The van der Waals surface area contributed by atoms with E-state index in [4.69, 9.17) is 0 Å². The van der Waals surface area contributed by atoms with Crippen molar-refractivity contribution in [2.24, 2.45) is 0 Å². The van der Waals surface area contributed by atoms with Gasteiger partial charge in [0.2, 0.25) is 0 Å².